The second-order valence-corrected chi connectivity index (χ2v) is 6.86. The predicted octanol–water partition coefficient (Wildman–Crippen LogP) is 2.85. The Kier molecular flexibility index (Phi) is 4.13. The van der Waals surface area contributed by atoms with Crippen LogP contribution in [0.3, 0.4) is 0 Å². The van der Waals surface area contributed by atoms with Gasteiger partial charge in [0.2, 0.25) is 0 Å². The number of likely N-dealkylation sites (tertiary alicyclic amines) is 1. The zero-order chi connectivity index (χ0) is 14.7. The first kappa shape index (κ1) is 14.4. The van der Waals surface area contributed by atoms with Crippen molar-refractivity contribution in [3.63, 3.8) is 0 Å². The maximum Gasteiger partial charge on any atom is 0.317 e. The van der Waals surface area contributed by atoms with Gasteiger partial charge in [0.1, 0.15) is 0 Å². The molecule has 2 atom stereocenters. The predicted molar refractivity (Wildman–Crippen MR) is 83.0 cm³/mol. The molecule has 2 unspecified atom stereocenters. The zero-order valence-electron chi connectivity index (χ0n) is 12.8. The topological polar surface area (TPSA) is 45.2 Å². The lowest BCUT2D eigenvalue weighted by Crippen LogP contribution is -2.40. The fraction of sp³-hybridized carbons (Fsp3) is 0.647. The molecule has 21 heavy (non-hydrogen) atoms. The highest BCUT2D eigenvalue weighted by atomic mass is 16.2. The van der Waals surface area contributed by atoms with E-state index in [1.165, 1.54) is 31.2 Å². The molecule has 0 aromatic carbocycles. The van der Waals surface area contributed by atoms with Crippen LogP contribution >= 0.6 is 0 Å². The molecule has 1 aliphatic carbocycles. The summed E-state index contributed by atoms with van der Waals surface area (Å²) in [6, 6.07) is 4.09. The van der Waals surface area contributed by atoms with Gasteiger partial charge in [-0.3, -0.25) is 4.98 Å². The Balaban J connectivity index is 1.44. The molecular weight excluding hydrogens is 262 g/mol. The lowest BCUT2D eigenvalue weighted by Gasteiger charge is -2.24. The molecule has 114 valence electrons. The fourth-order valence-electron chi connectivity index (χ4n) is 3.95. The summed E-state index contributed by atoms with van der Waals surface area (Å²) in [4.78, 5) is 18.4. The lowest BCUT2D eigenvalue weighted by atomic mass is 9.85. The highest BCUT2D eigenvalue weighted by molar-refractivity contribution is 5.74. The maximum atomic E-state index is 12.3. The third-order valence-corrected chi connectivity index (χ3v) is 5.09. The molecule has 1 saturated heterocycles. The van der Waals surface area contributed by atoms with Gasteiger partial charge in [-0.25, -0.2) is 4.79 Å². The third kappa shape index (κ3) is 3.36. The summed E-state index contributed by atoms with van der Waals surface area (Å²) in [6.45, 7) is 4.90. The van der Waals surface area contributed by atoms with Crippen molar-refractivity contribution < 1.29 is 4.79 Å². The summed E-state index contributed by atoms with van der Waals surface area (Å²) in [7, 11) is 0. The van der Waals surface area contributed by atoms with E-state index in [1.54, 1.807) is 6.20 Å². The van der Waals surface area contributed by atoms with E-state index in [0.29, 0.717) is 12.0 Å². The molecule has 1 aromatic heterocycles. The van der Waals surface area contributed by atoms with E-state index in [2.05, 4.69) is 17.2 Å². The number of aromatic nitrogens is 1. The van der Waals surface area contributed by atoms with Crippen molar-refractivity contribution in [3.8, 4) is 0 Å². The first-order valence-corrected chi connectivity index (χ1v) is 8.09. The molecule has 4 nitrogen and oxygen atoms in total. The molecule has 1 spiro atoms. The number of carbonyl (C=O) groups excluding carboxylic acids is 1. The summed E-state index contributed by atoms with van der Waals surface area (Å²) in [6.07, 6.45) is 9.59. The average Bonchev–Trinajstić information content (AvgIpc) is 3.07. The quantitative estimate of drug-likeness (QED) is 0.929. The van der Waals surface area contributed by atoms with Crippen LogP contribution < -0.4 is 5.32 Å². The number of hydrogen-bond donors (Lipinski definition) is 1. The Labute approximate surface area is 126 Å². The van der Waals surface area contributed by atoms with Crippen LogP contribution in [0.2, 0.25) is 0 Å². The second-order valence-electron chi connectivity index (χ2n) is 6.86. The van der Waals surface area contributed by atoms with Crippen LogP contribution in [0.5, 0.6) is 0 Å². The van der Waals surface area contributed by atoms with Gasteiger partial charge in [-0.15, -0.1) is 0 Å². The molecule has 2 heterocycles. The smallest absolute Gasteiger partial charge is 0.317 e. The molecule has 4 heteroatoms. The van der Waals surface area contributed by atoms with Crippen LogP contribution in [-0.2, 0) is 6.42 Å². The van der Waals surface area contributed by atoms with Gasteiger partial charge in [0, 0.05) is 32.0 Å². The van der Waals surface area contributed by atoms with Gasteiger partial charge in [0.05, 0.1) is 0 Å². The third-order valence-electron chi connectivity index (χ3n) is 5.09. The lowest BCUT2D eigenvalue weighted by molar-refractivity contribution is 0.199. The first-order valence-electron chi connectivity index (χ1n) is 8.09. The molecule has 1 saturated carbocycles. The minimum atomic E-state index is 0.107. The summed E-state index contributed by atoms with van der Waals surface area (Å²) < 4.78 is 0. The zero-order valence-corrected chi connectivity index (χ0v) is 12.8. The summed E-state index contributed by atoms with van der Waals surface area (Å²) in [5.74, 6) is 0.832. The van der Waals surface area contributed by atoms with Crippen LogP contribution in [-0.4, -0.2) is 35.5 Å². The van der Waals surface area contributed by atoms with Gasteiger partial charge in [-0.05, 0) is 48.6 Å². The number of amides is 2. The molecule has 2 amide bonds. The Morgan fingerprint density at radius 1 is 1.52 bits per heavy atom. The molecule has 1 aromatic rings. The SMILES string of the molecule is CC1CCC2(CCN(C(=O)NCCc3cccnc3)C2)C1. The number of pyridine rings is 1. The van der Waals surface area contributed by atoms with Gasteiger partial charge in [0.25, 0.3) is 0 Å². The van der Waals surface area contributed by atoms with E-state index in [1.807, 2.05) is 23.2 Å². The van der Waals surface area contributed by atoms with Crippen LogP contribution in [0.25, 0.3) is 0 Å². The van der Waals surface area contributed by atoms with Crippen molar-refractivity contribution >= 4 is 6.03 Å². The minimum absolute atomic E-state index is 0.107. The van der Waals surface area contributed by atoms with Crippen molar-refractivity contribution in [1.29, 1.82) is 0 Å². The van der Waals surface area contributed by atoms with Crippen molar-refractivity contribution in [3.05, 3.63) is 30.1 Å². The molecule has 2 aliphatic rings. The number of nitrogens with one attached hydrogen (secondary N) is 1. The van der Waals surface area contributed by atoms with Gasteiger partial charge in [0.15, 0.2) is 0 Å². The molecule has 0 bridgehead atoms. The standard InChI is InChI=1S/C17H25N3O/c1-14-4-6-17(11-14)7-10-20(13-17)16(21)19-9-5-15-3-2-8-18-12-15/h2-3,8,12,14H,4-7,9-11,13H2,1H3,(H,19,21). The van der Waals surface area contributed by atoms with Crippen LogP contribution in [0.1, 0.15) is 38.2 Å². The van der Waals surface area contributed by atoms with E-state index >= 15 is 0 Å². The minimum Gasteiger partial charge on any atom is -0.338 e. The van der Waals surface area contributed by atoms with E-state index < -0.39 is 0 Å². The van der Waals surface area contributed by atoms with Crippen molar-refractivity contribution in [2.75, 3.05) is 19.6 Å². The van der Waals surface area contributed by atoms with Crippen molar-refractivity contribution in [1.82, 2.24) is 15.2 Å². The Hall–Kier alpha value is -1.58. The monoisotopic (exact) mass is 287 g/mol. The van der Waals surface area contributed by atoms with E-state index in [4.69, 9.17) is 0 Å². The fourth-order valence-corrected chi connectivity index (χ4v) is 3.95. The largest absolute Gasteiger partial charge is 0.338 e. The van der Waals surface area contributed by atoms with Gasteiger partial charge < -0.3 is 10.2 Å². The van der Waals surface area contributed by atoms with E-state index in [9.17, 15) is 4.79 Å². The maximum absolute atomic E-state index is 12.3. The summed E-state index contributed by atoms with van der Waals surface area (Å²) in [5.41, 5.74) is 1.60. The molecule has 1 aliphatic heterocycles. The Bertz CT molecular complexity index is 490. The molecule has 2 fully saturated rings. The number of hydrogen-bond acceptors (Lipinski definition) is 2. The highest BCUT2D eigenvalue weighted by Gasteiger charge is 2.43. The number of rotatable bonds is 3. The highest BCUT2D eigenvalue weighted by Crippen LogP contribution is 2.47. The van der Waals surface area contributed by atoms with E-state index in [0.717, 1.165) is 25.4 Å². The molecule has 3 rings (SSSR count). The summed E-state index contributed by atoms with van der Waals surface area (Å²) in [5, 5.41) is 3.05. The Morgan fingerprint density at radius 3 is 3.14 bits per heavy atom. The Morgan fingerprint density at radius 2 is 2.43 bits per heavy atom. The first-order chi connectivity index (χ1) is 10.2. The van der Waals surface area contributed by atoms with Gasteiger partial charge >= 0.3 is 6.03 Å². The van der Waals surface area contributed by atoms with Crippen molar-refractivity contribution in [2.45, 2.75) is 39.0 Å². The van der Waals surface area contributed by atoms with Crippen LogP contribution in [0.15, 0.2) is 24.5 Å². The van der Waals surface area contributed by atoms with Crippen LogP contribution in [0, 0.1) is 11.3 Å². The van der Waals surface area contributed by atoms with Gasteiger partial charge in [-0.2, -0.15) is 0 Å². The molecule has 0 radical (unpaired) electrons. The normalized spacial score (nSPS) is 28.2. The molecule has 1 N–H and O–H groups in total. The number of urea groups is 1. The molecular formula is C17H25N3O. The van der Waals surface area contributed by atoms with Gasteiger partial charge in [-0.1, -0.05) is 19.4 Å². The second kappa shape index (κ2) is 6.04. The number of nitrogens with zero attached hydrogens (tertiary/aromatic N) is 2. The van der Waals surface area contributed by atoms with Crippen molar-refractivity contribution in [2.24, 2.45) is 11.3 Å². The van der Waals surface area contributed by atoms with Crippen LogP contribution in [0.4, 0.5) is 4.79 Å². The average molecular weight is 287 g/mol. The van der Waals surface area contributed by atoms with E-state index in [-0.39, 0.29) is 6.03 Å². The number of carbonyl (C=O) groups is 1. The summed E-state index contributed by atoms with van der Waals surface area (Å²) >= 11 is 0.